The van der Waals surface area contributed by atoms with Gasteiger partial charge < -0.3 is 19.5 Å². The molecule has 2 aromatic carbocycles. The minimum atomic E-state index is -0.720. The molecule has 1 amide bonds. The number of carbonyl (C=O) groups excluding carboxylic acids is 1. The molecule has 0 aromatic heterocycles. The average molecular weight is 477 g/mol. The summed E-state index contributed by atoms with van der Waals surface area (Å²) in [4.78, 5) is 12.1. The van der Waals surface area contributed by atoms with Gasteiger partial charge in [0.1, 0.15) is 11.6 Å². The Bertz CT molecular complexity index is 791. The third kappa shape index (κ3) is 4.54. The van der Waals surface area contributed by atoms with Gasteiger partial charge in [-0.25, -0.2) is 8.78 Å². The van der Waals surface area contributed by atoms with Crippen LogP contribution in [0.15, 0.2) is 24.3 Å². The SMILES string of the molecule is COc1ccc(CCC(=O)Nc2cc(F)c(I)c(F)c2)c(OC)c1OC. The van der Waals surface area contributed by atoms with E-state index in [-0.39, 0.29) is 21.6 Å². The number of ether oxygens (including phenoxy) is 3. The summed E-state index contributed by atoms with van der Waals surface area (Å²) >= 11 is 1.56. The van der Waals surface area contributed by atoms with Crippen molar-refractivity contribution in [2.24, 2.45) is 0 Å². The molecule has 0 aliphatic rings. The number of carbonyl (C=O) groups is 1. The van der Waals surface area contributed by atoms with Gasteiger partial charge in [-0.05, 0) is 52.8 Å². The molecular formula is C18H18F2INO4. The molecule has 0 heterocycles. The number of anilines is 1. The number of methoxy groups -OCH3 is 3. The summed E-state index contributed by atoms with van der Waals surface area (Å²) in [6.07, 6.45) is 0.450. The Kier molecular flexibility index (Phi) is 7.01. The van der Waals surface area contributed by atoms with Crippen LogP contribution in [0.2, 0.25) is 0 Å². The van der Waals surface area contributed by atoms with Crippen LogP contribution in [0.1, 0.15) is 12.0 Å². The molecule has 0 radical (unpaired) electrons. The van der Waals surface area contributed by atoms with Gasteiger partial charge >= 0.3 is 0 Å². The smallest absolute Gasteiger partial charge is 0.224 e. The number of aryl methyl sites for hydroxylation is 1. The minimum absolute atomic E-state index is 0.0738. The van der Waals surface area contributed by atoms with Crippen LogP contribution in [0.3, 0.4) is 0 Å². The van der Waals surface area contributed by atoms with E-state index in [9.17, 15) is 13.6 Å². The van der Waals surface area contributed by atoms with E-state index in [1.807, 2.05) is 0 Å². The van der Waals surface area contributed by atoms with Crippen LogP contribution in [-0.2, 0) is 11.2 Å². The van der Waals surface area contributed by atoms with Crippen LogP contribution in [0.5, 0.6) is 17.2 Å². The molecule has 8 heteroatoms. The highest BCUT2D eigenvalue weighted by atomic mass is 127. The molecule has 0 saturated carbocycles. The maximum Gasteiger partial charge on any atom is 0.224 e. The molecule has 2 rings (SSSR count). The maximum atomic E-state index is 13.6. The first kappa shape index (κ1) is 20.2. The molecule has 0 aliphatic carbocycles. The van der Waals surface area contributed by atoms with Gasteiger partial charge in [-0.15, -0.1) is 0 Å². The van der Waals surface area contributed by atoms with E-state index in [0.717, 1.165) is 17.7 Å². The molecular weight excluding hydrogens is 459 g/mol. The van der Waals surface area contributed by atoms with Crippen molar-refractivity contribution in [2.75, 3.05) is 26.6 Å². The molecule has 0 unspecified atom stereocenters. The van der Waals surface area contributed by atoms with E-state index < -0.39 is 11.6 Å². The second-order valence-corrected chi connectivity index (χ2v) is 6.37. The van der Waals surface area contributed by atoms with Crippen LogP contribution in [0.4, 0.5) is 14.5 Å². The lowest BCUT2D eigenvalue weighted by Gasteiger charge is -2.15. The Labute approximate surface area is 163 Å². The summed E-state index contributed by atoms with van der Waals surface area (Å²) in [6.45, 7) is 0. The van der Waals surface area contributed by atoms with Crippen molar-refractivity contribution in [3.63, 3.8) is 0 Å². The van der Waals surface area contributed by atoms with Crippen LogP contribution >= 0.6 is 22.6 Å². The Morgan fingerprint density at radius 2 is 1.65 bits per heavy atom. The first-order valence-corrected chi connectivity index (χ1v) is 8.71. The lowest BCUT2D eigenvalue weighted by atomic mass is 10.1. The van der Waals surface area contributed by atoms with Gasteiger partial charge in [-0.1, -0.05) is 6.07 Å². The molecule has 5 nitrogen and oxygen atoms in total. The second-order valence-electron chi connectivity index (χ2n) is 5.30. The molecule has 0 aliphatic heterocycles. The van der Waals surface area contributed by atoms with E-state index >= 15 is 0 Å². The van der Waals surface area contributed by atoms with Crippen LogP contribution in [-0.4, -0.2) is 27.2 Å². The first-order chi connectivity index (χ1) is 12.4. The molecule has 0 spiro atoms. The van der Waals surface area contributed by atoms with Crippen molar-refractivity contribution >= 4 is 34.2 Å². The number of nitrogens with one attached hydrogen (secondary N) is 1. The van der Waals surface area contributed by atoms with Crippen molar-refractivity contribution in [3.8, 4) is 17.2 Å². The zero-order valence-electron chi connectivity index (χ0n) is 14.5. The minimum Gasteiger partial charge on any atom is -0.493 e. The summed E-state index contributed by atoms with van der Waals surface area (Å²) < 4.78 is 42.9. The predicted molar refractivity (Wildman–Crippen MR) is 102 cm³/mol. The van der Waals surface area contributed by atoms with E-state index in [1.54, 1.807) is 34.7 Å². The van der Waals surface area contributed by atoms with Crippen molar-refractivity contribution in [2.45, 2.75) is 12.8 Å². The molecule has 2 aromatic rings. The van der Waals surface area contributed by atoms with E-state index in [2.05, 4.69) is 5.32 Å². The molecule has 26 heavy (non-hydrogen) atoms. The number of hydrogen-bond donors (Lipinski definition) is 1. The number of hydrogen-bond acceptors (Lipinski definition) is 4. The molecule has 140 valence electrons. The number of rotatable bonds is 7. The Morgan fingerprint density at radius 1 is 1.04 bits per heavy atom. The summed E-state index contributed by atoms with van der Waals surface area (Å²) in [6, 6.07) is 5.66. The largest absolute Gasteiger partial charge is 0.493 e. The van der Waals surface area contributed by atoms with Gasteiger partial charge in [0, 0.05) is 12.1 Å². The number of amides is 1. The van der Waals surface area contributed by atoms with Gasteiger partial charge in [0.15, 0.2) is 11.5 Å². The molecule has 0 saturated heterocycles. The maximum absolute atomic E-state index is 13.6. The highest BCUT2D eigenvalue weighted by Gasteiger charge is 2.17. The van der Waals surface area contributed by atoms with Crippen molar-refractivity contribution in [1.29, 1.82) is 0 Å². The summed E-state index contributed by atoms with van der Waals surface area (Å²) in [7, 11) is 4.51. The first-order valence-electron chi connectivity index (χ1n) is 7.63. The van der Waals surface area contributed by atoms with Crippen LogP contribution in [0, 0.1) is 15.2 Å². The topological polar surface area (TPSA) is 56.8 Å². The van der Waals surface area contributed by atoms with Crippen molar-refractivity contribution < 1.29 is 27.8 Å². The van der Waals surface area contributed by atoms with E-state index in [0.29, 0.717) is 23.7 Å². The Hall–Kier alpha value is -2.10. The Balaban J connectivity index is 2.10. The van der Waals surface area contributed by atoms with Gasteiger partial charge in [0.25, 0.3) is 0 Å². The Morgan fingerprint density at radius 3 is 2.19 bits per heavy atom. The standard InChI is InChI=1S/C18H18F2INO4/c1-24-14-6-4-10(17(25-2)18(14)26-3)5-7-15(23)22-11-8-12(19)16(21)13(20)9-11/h4,6,8-9H,5,7H2,1-3H3,(H,22,23). The molecule has 0 fully saturated rings. The summed E-state index contributed by atoms with van der Waals surface area (Å²) in [5.74, 6) is -0.380. The normalized spacial score (nSPS) is 10.4. The van der Waals surface area contributed by atoms with Gasteiger partial charge in [-0.3, -0.25) is 4.79 Å². The monoisotopic (exact) mass is 477 g/mol. The van der Waals surface area contributed by atoms with Crippen molar-refractivity contribution in [1.82, 2.24) is 0 Å². The number of halogens is 3. The lowest BCUT2D eigenvalue weighted by Crippen LogP contribution is -2.13. The number of benzene rings is 2. The van der Waals surface area contributed by atoms with Gasteiger partial charge in [0.05, 0.1) is 24.9 Å². The van der Waals surface area contributed by atoms with Gasteiger partial charge in [-0.2, -0.15) is 0 Å². The molecule has 0 bridgehead atoms. The van der Waals surface area contributed by atoms with Crippen LogP contribution < -0.4 is 19.5 Å². The highest BCUT2D eigenvalue weighted by molar-refractivity contribution is 14.1. The predicted octanol–water partition coefficient (Wildman–Crippen LogP) is 4.17. The van der Waals surface area contributed by atoms with E-state index in [4.69, 9.17) is 14.2 Å². The van der Waals surface area contributed by atoms with Crippen LogP contribution in [0.25, 0.3) is 0 Å². The summed E-state index contributed by atoms with van der Waals surface area (Å²) in [5, 5.41) is 2.49. The molecule has 0 atom stereocenters. The van der Waals surface area contributed by atoms with E-state index in [1.165, 1.54) is 21.3 Å². The van der Waals surface area contributed by atoms with Crippen molar-refractivity contribution in [3.05, 3.63) is 45.0 Å². The third-order valence-electron chi connectivity index (χ3n) is 3.67. The lowest BCUT2D eigenvalue weighted by molar-refractivity contribution is -0.116. The molecule has 1 N–H and O–H groups in total. The fourth-order valence-electron chi connectivity index (χ4n) is 2.46. The fourth-order valence-corrected chi connectivity index (χ4v) is 2.77. The second kappa shape index (κ2) is 9.02. The quantitative estimate of drug-likeness (QED) is 0.481. The average Bonchev–Trinajstić information content (AvgIpc) is 2.63. The highest BCUT2D eigenvalue weighted by Crippen LogP contribution is 2.40. The van der Waals surface area contributed by atoms with Gasteiger partial charge in [0.2, 0.25) is 11.7 Å². The fraction of sp³-hybridized carbons (Fsp3) is 0.278. The zero-order chi connectivity index (χ0) is 19.3. The zero-order valence-corrected chi connectivity index (χ0v) is 16.6. The third-order valence-corrected chi connectivity index (χ3v) is 4.71. The summed E-state index contributed by atoms with van der Waals surface area (Å²) in [5.41, 5.74) is 0.824.